The van der Waals surface area contributed by atoms with E-state index in [-0.39, 0.29) is 5.82 Å². The second-order valence-electron chi connectivity index (χ2n) is 4.45. The minimum absolute atomic E-state index is 0.204. The van der Waals surface area contributed by atoms with E-state index >= 15 is 0 Å². The molecule has 2 aromatic heterocycles. The van der Waals surface area contributed by atoms with Crippen LogP contribution in [0.15, 0.2) is 46.9 Å². The normalized spacial score (nSPS) is 11.0. The average Bonchev–Trinajstić information content (AvgIpc) is 3.13. The summed E-state index contributed by atoms with van der Waals surface area (Å²) >= 11 is 3.23. The van der Waals surface area contributed by atoms with E-state index < -0.39 is 0 Å². The Morgan fingerprint density at radius 3 is 2.86 bits per heavy atom. The van der Waals surface area contributed by atoms with Crippen molar-refractivity contribution in [3.05, 3.63) is 53.2 Å². The molecule has 0 amide bonds. The first kappa shape index (κ1) is 14.3. The minimum Gasteiger partial charge on any atom is -0.302 e. The van der Waals surface area contributed by atoms with Crippen LogP contribution >= 0.6 is 23.1 Å². The lowest BCUT2D eigenvalue weighted by molar-refractivity contribution is 0.626. The van der Waals surface area contributed by atoms with Crippen LogP contribution in [0.3, 0.4) is 0 Å². The zero-order valence-electron chi connectivity index (χ0n) is 11.5. The molecule has 1 aromatic carbocycles. The largest absolute Gasteiger partial charge is 0.302 e. The predicted molar refractivity (Wildman–Crippen MR) is 85.0 cm³/mol. The summed E-state index contributed by atoms with van der Waals surface area (Å²) < 4.78 is 15.3. The summed E-state index contributed by atoms with van der Waals surface area (Å²) in [6.45, 7) is 2.89. The van der Waals surface area contributed by atoms with Gasteiger partial charge in [-0.15, -0.1) is 21.5 Å². The van der Waals surface area contributed by atoms with Gasteiger partial charge in [0.1, 0.15) is 5.82 Å². The summed E-state index contributed by atoms with van der Waals surface area (Å²) in [5.41, 5.74) is 0.948. The molecule has 6 heteroatoms. The van der Waals surface area contributed by atoms with Crippen LogP contribution < -0.4 is 0 Å². The van der Waals surface area contributed by atoms with E-state index in [0.29, 0.717) is 5.75 Å². The van der Waals surface area contributed by atoms with Crippen LogP contribution in [0.25, 0.3) is 10.7 Å². The number of thioether (sulfide) groups is 1. The van der Waals surface area contributed by atoms with Crippen LogP contribution in [0.2, 0.25) is 0 Å². The first-order valence-corrected chi connectivity index (χ1v) is 8.48. The summed E-state index contributed by atoms with van der Waals surface area (Å²) in [5.74, 6) is 1.37. The molecule has 0 spiro atoms. The number of hydrogen-bond donors (Lipinski definition) is 0. The smallest absolute Gasteiger partial charge is 0.191 e. The topological polar surface area (TPSA) is 30.7 Å². The number of benzene rings is 1. The standard InChI is InChI=1S/C15H14FN3S2/c1-2-19-14(13-7-4-8-20-13)17-18-15(19)21-10-11-5-3-6-12(16)9-11/h3-9H,2,10H2,1H3. The van der Waals surface area contributed by atoms with Crippen molar-refractivity contribution in [2.45, 2.75) is 24.4 Å². The van der Waals surface area contributed by atoms with Crippen molar-refractivity contribution in [3.63, 3.8) is 0 Å². The molecule has 3 aromatic rings. The van der Waals surface area contributed by atoms with Gasteiger partial charge in [0.25, 0.3) is 0 Å². The van der Waals surface area contributed by atoms with Crippen LogP contribution in [-0.4, -0.2) is 14.8 Å². The Morgan fingerprint density at radius 2 is 2.14 bits per heavy atom. The molecular weight excluding hydrogens is 305 g/mol. The Hall–Kier alpha value is -1.66. The highest BCUT2D eigenvalue weighted by Crippen LogP contribution is 2.28. The number of thiophene rings is 1. The molecule has 3 rings (SSSR count). The van der Waals surface area contributed by atoms with Gasteiger partial charge in [0.2, 0.25) is 0 Å². The summed E-state index contributed by atoms with van der Waals surface area (Å²) in [6, 6.07) is 10.7. The third kappa shape index (κ3) is 3.16. The number of nitrogens with zero attached hydrogens (tertiary/aromatic N) is 3. The molecule has 0 saturated heterocycles. The Bertz CT molecular complexity index is 722. The maximum absolute atomic E-state index is 13.2. The molecule has 0 saturated carbocycles. The summed E-state index contributed by atoms with van der Waals surface area (Å²) in [4.78, 5) is 1.11. The maximum Gasteiger partial charge on any atom is 0.191 e. The lowest BCUT2D eigenvalue weighted by Gasteiger charge is -2.06. The Labute approximate surface area is 130 Å². The molecule has 21 heavy (non-hydrogen) atoms. The molecule has 0 aliphatic carbocycles. The van der Waals surface area contributed by atoms with Crippen molar-refractivity contribution in [1.29, 1.82) is 0 Å². The van der Waals surface area contributed by atoms with Crippen LogP contribution in [0.4, 0.5) is 4.39 Å². The molecule has 0 aliphatic heterocycles. The molecule has 108 valence electrons. The van der Waals surface area contributed by atoms with E-state index in [0.717, 1.165) is 28.0 Å². The molecule has 2 heterocycles. The second kappa shape index (κ2) is 6.41. The van der Waals surface area contributed by atoms with Gasteiger partial charge in [-0.25, -0.2) is 4.39 Å². The van der Waals surface area contributed by atoms with E-state index in [1.807, 2.05) is 23.6 Å². The van der Waals surface area contributed by atoms with Crippen LogP contribution in [0.5, 0.6) is 0 Å². The number of hydrogen-bond acceptors (Lipinski definition) is 4. The molecule has 0 fully saturated rings. The summed E-state index contributed by atoms with van der Waals surface area (Å²) in [7, 11) is 0. The van der Waals surface area contributed by atoms with Crippen LogP contribution in [0.1, 0.15) is 12.5 Å². The van der Waals surface area contributed by atoms with Gasteiger partial charge in [-0.1, -0.05) is 30.0 Å². The van der Waals surface area contributed by atoms with Crippen molar-refractivity contribution in [2.75, 3.05) is 0 Å². The van der Waals surface area contributed by atoms with Gasteiger partial charge in [0.15, 0.2) is 11.0 Å². The zero-order valence-corrected chi connectivity index (χ0v) is 13.1. The third-order valence-corrected chi connectivity index (χ3v) is 4.94. The van der Waals surface area contributed by atoms with E-state index in [1.54, 1.807) is 35.2 Å². The number of aromatic nitrogens is 3. The molecule has 0 radical (unpaired) electrons. The van der Waals surface area contributed by atoms with E-state index in [9.17, 15) is 4.39 Å². The summed E-state index contributed by atoms with van der Waals surface area (Å²) in [5, 5.41) is 11.5. The Kier molecular flexibility index (Phi) is 4.36. The molecule has 0 unspecified atom stereocenters. The number of halogens is 1. The third-order valence-electron chi connectivity index (χ3n) is 3.03. The minimum atomic E-state index is -0.204. The van der Waals surface area contributed by atoms with Gasteiger partial charge < -0.3 is 4.57 Å². The lowest BCUT2D eigenvalue weighted by Crippen LogP contribution is -1.99. The molecule has 0 N–H and O–H groups in total. The molecule has 3 nitrogen and oxygen atoms in total. The number of rotatable bonds is 5. The quantitative estimate of drug-likeness (QED) is 0.651. The van der Waals surface area contributed by atoms with Gasteiger partial charge >= 0.3 is 0 Å². The highest BCUT2D eigenvalue weighted by Gasteiger charge is 2.13. The fraction of sp³-hybridized carbons (Fsp3) is 0.200. The molecule has 0 aliphatic rings. The molecule has 0 atom stereocenters. The van der Waals surface area contributed by atoms with Crippen LogP contribution in [0, 0.1) is 5.82 Å². The van der Waals surface area contributed by atoms with Gasteiger partial charge in [0.05, 0.1) is 4.88 Å². The van der Waals surface area contributed by atoms with Crippen LogP contribution in [-0.2, 0) is 12.3 Å². The molecular formula is C15H14FN3S2. The average molecular weight is 319 g/mol. The fourth-order valence-electron chi connectivity index (χ4n) is 2.04. The van der Waals surface area contributed by atoms with Gasteiger partial charge in [-0.05, 0) is 36.1 Å². The maximum atomic E-state index is 13.2. The van der Waals surface area contributed by atoms with E-state index in [4.69, 9.17) is 0 Å². The van der Waals surface area contributed by atoms with Gasteiger partial charge in [0, 0.05) is 12.3 Å². The Morgan fingerprint density at radius 1 is 1.24 bits per heavy atom. The fourth-order valence-corrected chi connectivity index (χ4v) is 3.71. The molecule has 0 bridgehead atoms. The first-order valence-electron chi connectivity index (χ1n) is 6.62. The zero-order chi connectivity index (χ0) is 14.7. The highest BCUT2D eigenvalue weighted by molar-refractivity contribution is 7.98. The predicted octanol–water partition coefficient (Wildman–Crippen LogP) is 4.46. The van der Waals surface area contributed by atoms with Crippen molar-refractivity contribution in [3.8, 4) is 10.7 Å². The van der Waals surface area contributed by atoms with Crippen molar-refractivity contribution in [2.24, 2.45) is 0 Å². The lowest BCUT2D eigenvalue weighted by atomic mass is 10.2. The van der Waals surface area contributed by atoms with E-state index in [2.05, 4.69) is 21.7 Å². The Balaban J connectivity index is 1.80. The second-order valence-corrected chi connectivity index (χ2v) is 6.34. The van der Waals surface area contributed by atoms with Gasteiger partial charge in [-0.2, -0.15) is 0 Å². The van der Waals surface area contributed by atoms with Gasteiger partial charge in [-0.3, -0.25) is 0 Å². The van der Waals surface area contributed by atoms with Crippen molar-refractivity contribution >= 4 is 23.1 Å². The van der Waals surface area contributed by atoms with Crippen molar-refractivity contribution < 1.29 is 4.39 Å². The van der Waals surface area contributed by atoms with Crippen molar-refractivity contribution in [1.82, 2.24) is 14.8 Å². The first-order chi connectivity index (χ1) is 10.3. The highest BCUT2D eigenvalue weighted by atomic mass is 32.2. The monoisotopic (exact) mass is 319 g/mol. The SMILES string of the molecule is CCn1c(SCc2cccc(F)c2)nnc1-c1cccs1. The summed E-state index contributed by atoms with van der Waals surface area (Å²) in [6.07, 6.45) is 0. The van der Waals surface area contributed by atoms with E-state index in [1.165, 1.54) is 6.07 Å².